The number of hydrogen-bond donors (Lipinski definition) is 1. The van der Waals surface area contributed by atoms with Gasteiger partial charge in [0.05, 0.1) is 13.1 Å². The Labute approximate surface area is 114 Å². The molecule has 1 heterocycles. The summed E-state index contributed by atoms with van der Waals surface area (Å²) < 4.78 is 2.92. The Balaban J connectivity index is 1.69. The van der Waals surface area contributed by atoms with Crippen LogP contribution < -0.4 is 5.32 Å². The van der Waals surface area contributed by atoms with Crippen LogP contribution in [0.4, 0.5) is 0 Å². The maximum Gasteiger partial charge on any atom is 0.165 e. The number of hydrogen-bond acceptors (Lipinski definition) is 4. The number of tetrazole rings is 1. The lowest BCUT2D eigenvalue weighted by atomic mass is 10.2. The third-order valence-corrected chi connectivity index (χ3v) is 3.45. The number of nitrogens with zero attached hydrogens (tertiary/aromatic N) is 4. The Bertz CT molecular complexity index is 535. The second-order valence-corrected chi connectivity index (χ2v) is 5.45. The topological polar surface area (TPSA) is 55.6 Å². The second kappa shape index (κ2) is 5.16. The Morgan fingerprint density at radius 3 is 3.06 bits per heavy atom. The first-order chi connectivity index (χ1) is 8.81. The molecule has 0 aliphatic heterocycles. The van der Waals surface area contributed by atoms with Crippen LogP contribution in [0.25, 0.3) is 0 Å². The quantitative estimate of drug-likeness (QED) is 0.914. The van der Waals surface area contributed by atoms with E-state index in [0.717, 1.165) is 16.8 Å². The van der Waals surface area contributed by atoms with Gasteiger partial charge >= 0.3 is 0 Å². The Kier molecular flexibility index (Phi) is 3.38. The van der Waals surface area contributed by atoms with Gasteiger partial charge in [0.2, 0.25) is 0 Å². The van der Waals surface area contributed by atoms with Gasteiger partial charge < -0.3 is 5.32 Å². The van der Waals surface area contributed by atoms with Crippen molar-refractivity contribution in [2.45, 2.75) is 32.0 Å². The minimum absolute atomic E-state index is 0.668. The summed E-state index contributed by atoms with van der Waals surface area (Å²) in [4.78, 5) is 0. The van der Waals surface area contributed by atoms with Gasteiger partial charge in [-0.05, 0) is 41.0 Å². The molecule has 0 radical (unpaired) electrons. The summed E-state index contributed by atoms with van der Waals surface area (Å²) in [5.74, 6) is 0.891. The minimum Gasteiger partial charge on any atom is -0.307 e. The molecule has 1 N–H and O–H groups in total. The number of aromatic nitrogens is 4. The third-order valence-electron chi connectivity index (χ3n) is 2.95. The fraction of sp³-hybridized carbons (Fsp3) is 0.417. The van der Waals surface area contributed by atoms with Crippen LogP contribution in [0.5, 0.6) is 0 Å². The molecular weight excluding hydrogens is 294 g/mol. The van der Waals surface area contributed by atoms with E-state index < -0.39 is 0 Å². The van der Waals surface area contributed by atoms with E-state index in [4.69, 9.17) is 0 Å². The van der Waals surface area contributed by atoms with Crippen molar-refractivity contribution in [2.75, 3.05) is 0 Å². The van der Waals surface area contributed by atoms with Crippen LogP contribution in [0.15, 0.2) is 28.7 Å². The number of benzene rings is 1. The fourth-order valence-corrected chi connectivity index (χ4v) is 2.25. The molecule has 0 bridgehead atoms. The van der Waals surface area contributed by atoms with Gasteiger partial charge in [-0.2, -0.15) is 0 Å². The van der Waals surface area contributed by atoms with Crippen molar-refractivity contribution in [3.63, 3.8) is 0 Å². The molecule has 1 aliphatic carbocycles. The predicted octanol–water partition coefficient (Wildman–Crippen LogP) is 1.74. The van der Waals surface area contributed by atoms with Crippen molar-refractivity contribution >= 4 is 15.9 Å². The van der Waals surface area contributed by atoms with Crippen molar-refractivity contribution in [3.8, 4) is 0 Å². The molecule has 0 amide bonds. The van der Waals surface area contributed by atoms with E-state index in [1.807, 2.05) is 16.8 Å². The number of rotatable bonds is 5. The Morgan fingerprint density at radius 1 is 1.39 bits per heavy atom. The molecule has 1 aromatic carbocycles. The monoisotopic (exact) mass is 307 g/mol. The van der Waals surface area contributed by atoms with Crippen molar-refractivity contribution in [3.05, 3.63) is 40.1 Å². The second-order valence-electron chi connectivity index (χ2n) is 4.54. The van der Waals surface area contributed by atoms with E-state index in [9.17, 15) is 0 Å². The van der Waals surface area contributed by atoms with Gasteiger partial charge in [0.1, 0.15) is 0 Å². The molecule has 1 saturated carbocycles. The molecule has 3 rings (SSSR count). The smallest absolute Gasteiger partial charge is 0.165 e. The van der Waals surface area contributed by atoms with Gasteiger partial charge in [0.15, 0.2) is 5.82 Å². The molecule has 5 nitrogen and oxygen atoms in total. The normalized spacial score (nSPS) is 14.9. The van der Waals surface area contributed by atoms with E-state index in [2.05, 4.69) is 48.9 Å². The van der Waals surface area contributed by atoms with Crippen molar-refractivity contribution < 1.29 is 0 Å². The lowest BCUT2D eigenvalue weighted by molar-refractivity contribution is 0.577. The van der Waals surface area contributed by atoms with Gasteiger partial charge in [-0.1, -0.05) is 28.1 Å². The molecule has 18 heavy (non-hydrogen) atoms. The van der Waals surface area contributed by atoms with Crippen LogP contribution in [0.1, 0.15) is 24.2 Å². The maximum atomic E-state index is 4.06. The average Bonchev–Trinajstić information content (AvgIpc) is 3.08. The van der Waals surface area contributed by atoms with Crippen LogP contribution >= 0.6 is 15.9 Å². The zero-order valence-electron chi connectivity index (χ0n) is 9.88. The molecule has 0 atom stereocenters. The van der Waals surface area contributed by atoms with E-state index >= 15 is 0 Å². The predicted molar refractivity (Wildman–Crippen MR) is 70.9 cm³/mol. The van der Waals surface area contributed by atoms with Crippen molar-refractivity contribution in [2.24, 2.45) is 0 Å². The SMILES string of the molecule is Brc1cccc(Cn2nnnc2CNC2CC2)c1. The Hall–Kier alpha value is -1.27. The van der Waals surface area contributed by atoms with Crippen LogP contribution in [-0.4, -0.2) is 26.2 Å². The number of nitrogens with one attached hydrogen (secondary N) is 1. The number of halogens is 1. The van der Waals surface area contributed by atoms with Gasteiger partial charge in [-0.25, -0.2) is 4.68 Å². The van der Waals surface area contributed by atoms with Crippen LogP contribution in [0.2, 0.25) is 0 Å². The summed E-state index contributed by atoms with van der Waals surface area (Å²) in [5, 5.41) is 15.3. The molecule has 6 heteroatoms. The fourth-order valence-electron chi connectivity index (χ4n) is 1.80. The van der Waals surface area contributed by atoms with Gasteiger partial charge in [0.25, 0.3) is 0 Å². The first-order valence-electron chi connectivity index (χ1n) is 6.04. The van der Waals surface area contributed by atoms with Gasteiger partial charge in [-0.15, -0.1) is 5.10 Å². The van der Waals surface area contributed by atoms with Crippen LogP contribution in [0, 0.1) is 0 Å². The Morgan fingerprint density at radius 2 is 2.28 bits per heavy atom. The lowest BCUT2D eigenvalue weighted by Crippen LogP contribution is -2.19. The summed E-state index contributed by atoms with van der Waals surface area (Å²) in [6.45, 7) is 1.44. The highest BCUT2D eigenvalue weighted by atomic mass is 79.9. The largest absolute Gasteiger partial charge is 0.307 e. The molecule has 2 aromatic rings. The minimum atomic E-state index is 0.668. The highest BCUT2D eigenvalue weighted by molar-refractivity contribution is 9.10. The van der Waals surface area contributed by atoms with E-state index in [1.54, 1.807) is 0 Å². The molecule has 1 aliphatic rings. The zero-order chi connectivity index (χ0) is 12.4. The van der Waals surface area contributed by atoms with Crippen molar-refractivity contribution in [1.82, 2.24) is 25.5 Å². The molecule has 1 aromatic heterocycles. The molecule has 94 valence electrons. The van der Waals surface area contributed by atoms with Crippen LogP contribution in [0.3, 0.4) is 0 Å². The summed E-state index contributed by atoms with van der Waals surface area (Å²) in [7, 11) is 0. The van der Waals surface area contributed by atoms with Gasteiger partial charge in [0, 0.05) is 10.5 Å². The molecule has 0 saturated heterocycles. The summed E-state index contributed by atoms with van der Waals surface area (Å²) in [6.07, 6.45) is 2.54. The highest BCUT2D eigenvalue weighted by Gasteiger charge is 2.21. The van der Waals surface area contributed by atoms with Gasteiger partial charge in [-0.3, -0.25) is 0 Å². The summed E-state index contributed by atoms with van der Waals surface area (Å²) in [5.41, 5.74) is 1.18. The first-order valence-corrected chi connectivity index (χ1v) is 6.83. The van der Waals surface area contributed by atoms with E-state index in [-0.39, 0.29) is 0 Å². The maximum absolute atomic E-state index is 4.06. The third kappa shape index (κ3) is 2.94. The summed E-state index contributed by atoms with van der Waals surface area (Å²) >= 11 is 3.47. The highest BCUT2D eigenvalue weighted by Crippen LogP contribution is 2.19. The van der Waals surface area contributed by atoms with E-state index in [0.29, 0.717) is 12.6 Å². The molecular formula is C12H14BrN5. The molecule has 1 fully saturated rings. The molecule has 0 unspecified atom stereocenters. The van der Waals surface area contributed by atoms with E-state index in [1.165, 1.54) is 18.4 Å². The standard InChI is InChI=1S/C12H14BrN5/c13-10-3-1-2-9(6-10)8-18-12(15-16-17-18)7-14-11-4-5-11/h1-3,6,11,14H,4-5,7-8H2. The average molecular weight is 308 g/mol. The summed E-state index contributed by atoms with van der Waals surface area (Å²) in [6, 6.07) is 8.86. The molecule has 0 spiro atoms. The van der Waals surface area contributed by atoms with Crippen LogP contribution in [-0.2, 0) is 13.1 Å². The zero-order valence-corrected chi connectivity index (χ0v) is 11.5. The lowest BCUT2D eigenvalue weighted by Gasteiger charge is -2.05. The first kappa shape index (κ1) is 11.8. The van der Waals surface area contributed by atoms with Crippen molar-refractivity contribution in [1.29, 1.82) is 0 Å².